The van der Waals surface area contributed by atoms with Gasteiger partial charge in [-0.1, -0.05) is 19.1 Å². The monoisotopic (exact) mass is 274 g/mol. The molecule has 2 aliphatic rings. The van der Waals surface area contributed by atoms with Crippen molar-refractivity contribution >= 4 is 0 Å². The summed E-state index contributed by atoms with van der Waals surface area (Å²) in [4.78, 5) is 2.73. The summed E-state index contributed by atoms with van der Waals surface area (Å²) in [5.41, 5.74) is 1.41. The molecule has 0 radical (unpaired) electrons. The second-order valence-corrected chi connectivity index (χ2v) is 6.13. The van der Waals surface area contributed by atoms with Crippen LogP contribution in [0.15, 0.2) is 24.3 Å². The maximum absolute atomic E-state index is 5.23. The molecule has 0 spiro atoms. The molecule has 2 bridgehead atoms. The highest BCUT2D eigenvalue weighted by atomic mass is 16.5. The molecule has 2 aliphatic heterocycles. The van der Waals surface area contributed by atoms with E-state index in [0.717, 1.165) is 37.0 Å². The van der Waals surface area contributed by atoms with E-state index in [1.54, 1.807) is 7.11 Å². The van der Waals surface area contributed by atoms with Gasteiger partial charge in [-0.15, -0.1) is 0 Å². The molecule has 1 aromatic carbocycles. The minimum Gasteiger partial charge on any atom is -0.497 e. The Morgan fingerprint density at radius 3 is 2.35 bits per heavy atom. The lowest BCUT2D eigenvalue weighted by Crippen LogP contribution is -2.48. The van der Waals surface area contributed by atoms with Gasteiger partial charge in [0.05, 0.1) is 7.11 Å². The van der Waals surface area contributed by atoms with Crippen LogP contribution >= 0.6 is 0 Å². The van der Waals surface area contributed by atoms with Gasteiger partial charge in [0.2, 0.25) is 0 Å². The molecule has 3 nitrogen and oxygen atoms in total. The molecule has 2 atom stereocenters. The number of fused-ring (bicyclic) bond motifs is 2. The molecule has 0 aliphatic carbocycles. The van der Waals surface area contributed by atoms with E-state index in [4.69, 9.17) is 4.74 Å². The molecular weight excluding hydrogens is 248 g/mol. The molecule has 1 N–H and O–H groups in total. The second-order valence-electron chi connectivity index (χ2n) is 6.13. The zero-order valence-corrected chi connectivity index (χ0v) is 12.6. The Hall–Kier alpha value is -1.06. The first-order valence-electron chi connectivity index (χ1n) is 7.92. The van der Waals surface area contributed by atoms with E-state index in [9.17, 15) is 0 Å². The second kappa shape index (κ2) is 6.15. The van der Waals surface area contributed by atoms with Gasteiger partial charge >= 0.3 is 0 Å². The van der Waals surface area contributed by atoms with E-state index in [1.165, 1.54) is 31.2 Å². The van der Waals surface area contributed by atoms with Gasteiger partial charge in [-0.25, -0.2) is 0 Å². The zero-order valence-electron chi connectivity index (χ0n) is 12.6. The van der Waals surface area contributed by atoms with Crippen molar-refractivity contribution in [3.8, 4) is 5.75 Å². The summed E-state index contributed by atoms with van der Waals surface area (Å²) in [5, 5.41) is 3.64. The summed E-state index contributed by atoms with van der Waals surface area (Å²) in [6.45, 7) is 4.41. The van der Waals surface area contributed by atoms with Crippen molar-refractivity contribution in [2.24, 2.45) is 0 Å². The van der Waals surface area contributed by atoms with Gasteiger partial charge in [0.15, 0.2) is 0 Å². The van der Waals surface area contributed by atoms with Crippen molar-refractivity contribution in [2.45, 2.75) is 57.3 Å². The van der Waals surface area contributed by atoms with Crippen LogP contribution in [0.5, 0.6) is 5.75 Å². The molecule has 2 heterocycles. The van der Waals surface area contributed by atoms with Crippen LogP contribution in [0.2, 0.25) is 0 Å². The highest BCUT2D eigenvalue weighted by molar-refractivity contribution is 5.27. The fraction of sp³-hybridized carbons (Fsp3) is 0.647. The largest absolute Gasteiger partial charge is 0.497 e. The molecule has 1 aromatic rings. The Kier molecular flexibility index (Phi) is 4.27. The SMILES string of the molecule is CCNC1CC2CCC(C1)N2Cc1ccc(OC)cc1. The van der Waals surface area contributed by atoms with Gasteiger partial charge in [0, 0.05) is 24.7 Å². The molecule has 110 valence electrons. The predicted molar refractivity (Wildman–Crippen MR) is 82.0 cm³/mol. The molecule has 3 heteroatoms. The first-order chi connectivity index (χ1) is 9.80. The summed E-state index contributed by atoms with van der Waals surface area (Å²) >= 11 is 0. The Labute approximate surface area is 122 Å². The van der Waals surface area contributed by atoms with Crippen LogP contribution in [0.25, 0.3) is 0 Å². The van der Waals surface area contributed by atoms with E-state index in [1.807, 2.05) is 0 Å². The number of nitrogens with zero attached hydrogens (tertiary/aromatic N) is 1. The van der Waals surface area contributed by atoms with Gasteiger partial charge in [-0.05, 0) is 49.9 Å². The number of methoxy groups -OCH3 is 1. The lowest BCUT2D eigenvalue weighted by Gasteiger charge is -2.39. The summed E-state index contributed by atoms with van der Waals surface area (Å²) in [6.07, 6.45) is 5.40. The van der Waals surface area contributed by atoms with Crippen molar-refractivity contribution in [2.75, 3.05) is 13.7 Å². The summed E-state index contributed by atoms with van der Waals surface area (Å²) < 4.78 is 5.23. The molecule has 3 rings (SSSR count). The van der Waals surface area contributed by atoms with Crippen molar-refractivity contribution in [3.63, 3.8) is 0 Å². The lowest BCUT2D eigenvalue weighted by atomic mass is 9.96. The maximum Gasteiger partial charge on any atom is 0.118 e. The lowest BCUT2D eigenvalue weighted by molar-refractivity contribution is 0.110. The van der Waals surface area contributed by atoms with E-state index in [-0.39, 0.29) is 0 Å². The Balaban J connectivity index is 1.63. The summed E-state index contributed by atoms with van der Waals surface area (Å²) in [7, 11) is 1.72. The zero-order chi connectivity index (χ0) is 13.9. The van der Waals surface area contributed by atoms with Gasteiger partial charge in [0.25, 0.3) is 0 Å². The molecule has 0 amide bonds. The van der Waals surface area contributed by atoms with Crippen LogP contribution in [0, 0.1) is 0 Å². The quantitative estimate of drug-likeness (QED) is 0.893. The fourth-order valence-corrected chi connectivity index (χ4v) is 3.93. The van der Waals surface area contributed by atoms with Crippen LogP contribution in [-0.4, -0.2) is 36.7 Å². The number of piperidine rings is 1. The highest BCUT2D eigenvalue weighted by Crippen LogP contribution is 2.36. The fourth-order valence-electron chi connectivity index (χ4n) is 3.93. The van der Waals surface area contributed by atoms with Gasteiger partial charge in [-0.2, -0.15) is 0 Å². The van der Waals surface area contributed by atoms with Crippen LogP contribution in [0.1, 0.15) is 38.2 Å². The third-order valence-electron chi connectivity index (χ3n) is 4.90. The molecule has 0 saturated carbocycles. The van der Waals surface area contributed by atoms with Crippen LogP contribution in [0.4, 0.5) is 0 Å². The minimum atomic E-state index is 0.740. The van der Waals surface area contributed by atoms with E-state index in [2.05, 4.69) is 41.4 Å². The topological polar surface area (TPSA) is 24.5 Å². The molecule has 20 heavy (non-hydrogen) atoms. The molecular formula is C17H26N2O. The Bertz CT molecular complexity index is 417. The first kappa shape index (κ1) is 13.9. The highest BCUT2D eigenvalue weighted by Gasteiger charge is 2.40. The average molecular weight is 274 g/mol. The number of hydrogen-bond acceptors (Lipinski definition) is 3. The number of nitrogens with one attached hydrogen (secondary N) is 1. The standard InChI is InChI=1S/C17H26N2O/c1-3-18-14-10-15-6-7-16(11-14)19(15)12-13-4-8-17(20-2)9-5-13/h4-5,8-9,14-16,18H,3,6-7,10-12H2,1-2H3. The Morgan fingerprint density at radius 2 is 1.80 bits per heavy atom. The third kappa shape index (κ3) is 2.84. The average Bonchev–Trinajstić information content (AvgIpc) is 2.71. The normalized spacial score (nSPS) is 29.6. The number of rotatable bonds is 5. The molecule has 2 fully saturated rings. The Morgan fingerprint density at radius 1 is 1.15 bits per heavy atom. The smallest absolute Gasteiger partial charge is 0.118 e. The summed E-state index contributed by atoms with van der Waals surface area (Å²) in [5.74, 6) is 0.947. The van der Waals surface area contributed by atoms with Gasteiger partial charge < -0.3 is 10.1 Å². The number of ether oxygens (including phenoxy) is 1. The summed E-state index contributed by atoms with van der Waals surface area (Å²) in [6, 6.07) is 10.8. The maximum atomic E-state index is 5.23. The third-order valence-corrected chi connectivity index (χ3v) is 4.90. The number of hydrogen-bond donors (Lipinski definition) is 1. The van der Waals surface area contributed by atoms with Crippen LogP contribution in [0.3, 0.4) is 0 Å². The van der Waals surface area contributed by atoms with Gasteiger partial charge in [0.1, 0.15) is 5.75 Å². The van der Waals surface area contributed by atoms with Crippen LogP contribution < -0.4 is 10.1 Å². The van der Waals surface area contributed by atoms with Crippen LogP contribution in [-0.2, 0) is 6.54 Å². The van der Waals surface area contributed by atoms with E-state index >= 15 is 0 Å². The van der Waals surface area contributed by atoms with Crippen molar-refractivity contribution in [3.05, 3.63) is 29.8 Å². The molecule has 2 unspecified atom stereocenters. The van der Waals surface area contributed by atoms with E-state index in [0.29, 0.717) is 0 Å². The number of benzene rings is 1. The first-order valence-corrected chi connectivity index (χ1v) is 7.92. The predicted octanol–water partition coefficient (Wildman–Crippen LogP) is 2.80. The van der Waals surface area contributed by atoms with Crippen molar-refractivity contribution in [1.82, 2.24) is 10.2 Å². The minimum absolute atomic E-state index is 0.740. The van der Waals surface area contributed by atoms with Crippen molar-refractivity contribution < 1.29 is 4.74 Å². The molecule has 2 saturated heterocycles. The van der Waals surface area contributed by atoms with E-state index < -0.39 is 0 Å². The van der Waals surface area contributed by atoms with Crippen molar-refractivity contribution in [1.29, 1.82) is 0 Å². The molecule has 0 aromatic heterocycles. The van der Waals surface area contributed by atoms with Gasteiger partial charge in [-0.3, -0.25) is 4.90 Å².